The molecule has 0 radical (unpaired) electrons. The number of alkyl halides is 3. The van der Waals surface area contributed by atoms with Gasteiger partial charge in [-0.05, 0) is 25.1 Å². The highest BCUT2D eigenvalue weighted by Crippen LogP contribution is 2.30. The van der Waals surface area contributed by atoms with Gasteiger partial charge in [-0.1, -0.05) is 11.3 Å². The van der Waals surface area contributed by atoms with E-state index in [9.17, 15) is 21.6 Å². The predicted molar refractivity (Wildman–Crippen MR) is 64.4 cm³/mol. The number of hydrogen-bond acceptors (Lipinski definition) is 5. The fraction of sp³-hybridized carbons (Fsp3) is 0.300. The van der Waals surface area contributed by atoms with Gasteiger partial charge in [-0.25, -0.2) is 13.1 Å². The Morgan fingerprint density at radius 3 is 2.62 bits per heavy atom. The van der Waals surface area contributed by atoms with Crippen molar-refractivity contribution in [1.29, 1.82) is 0 Å². The Hall–Kier alpha value is -2.01. The first-order valence-corrected chi connectivity index (χ1v) is 7.11. The van der Waals surface area contributed by atoms with Crippen molar-refractivity contribution in [3.05, 3.63) is 35.7 Å². The summed E-state index contributed by atoms with van der Waals surface area (Å²) in [6, 6.07) is 2.60. The van der Waals surface area contributed by atoms with Crippen molar-refractivity contribution in [3.63, 3.8) is 0 Å². The highest BCUT2D eigenvalue weighted by molar-refractivity contribution is 7.89. The summed E-state index contributed by atoms with van der Waals surface area (Å²) in [4.78, 5) is -0.493. The van der Waals surface area contributed by atoms with Crippen LogP contribution in [0.1, 0.15) is 24.4 Å². The highest BCUT2D eigenvalue weighted by atomic mass is 32.2. The molecule has 2 N–H and O–H groups in total. The summed E-state index contributed by atoms with van der Waals surface area (Å²) in [5.41, 5.74) is -1.04. The van der Waals surface area contributed by atoms with Crippen molar-refractivity contribution in [1.82, 2.24) is 25.3 Å². The van der Waals surface area contributed by atoms with Crippen LogP contribution >= 0.6 is 0 Å². The molecule has 0 fully saturated rings. The number of benzene rings is 1. The zero-order chi connectivity index (χ0) is 15.7. The van der Waals surface area contributed by atoms with Crippen LogP contribution in [0.3, 0.4) is 0 Å². The van der Waals surface area contributed by atoms with Gasteiger partial charge in [-0.3, -0.25) is 0 Å². The molecule has 2 rings (SSSR count). The maximum Gasteiger partial charge on any atom is 0.416 e. The lowest BCUT2D eigenvalue weighted by Crippen LogP contribution is -2.28. The average Bonchev–Trinajstić information content (AvgIpc) is 2.91. The number of sulfonamides is 1. The molecular weight excluding hydrogens is 311 g/mol. The summed E-state index contributed by atoms with van der Waals surface area (Å²) in [5, 5.41) is 12.6. The molecule has 2 aromatic rings. The first-order valence-electron chi connectivity index (χ1n) is 5.63. The Morgan fingerprint density at radius 2 is 2.05 bits per heavy atom. The monoisotopic (exact) mass is 321 g/mol. The van der Waals surface area contributed by atoms with Gasteiger partial charge in [-0.2, -0.15) is 18.4 Å². The number of H-pyrrole nitrogens is 1. The number of nitrogens with one attached hydrogen (secondary N) is 2. The molecule has 1 aromatic carbocycles. The third-order valence-electron chi connectivity index (χ3n) is 2.55. The third kappa shape index (κ3) is 3.55. The zero-order valence-corrected chi connectivity index (χ0v) is 11.4. The van der Waals surface area contributed by atoms with Crippen molar-refractivity contribution >= 4 is 10.0 Å². The smallest absolute Gasteiger partial charge is 0.207 e. The van der Waals surface area contributed by atoms with E-state index in [1.807, 2.05) is 0 Å². The molecule has 1 heterocycles. The van der Waals surface area contributed by atoms with Crippen LogP contribution in [0, 0.1) is 0 Å². The van der Waals surface area contributed by atoms with Gasteiger partial charge in [0.05, 0.1) is 16.5 Å². The van der Waals surface area contributed by atoms with Crippen LogP contribution in [0.25, 0.3) is 0 Å². The molecule has 1 atom stereocenters. The molecule has 0 aliphatic heterocycles. The van der Waals surface area contributed by atoms with E-state index in [-0.39, 0.29) is 5.82 Å². The molecule has 0 aliphatic carbocycles. The second-order valence-corrected chi connectivity index (χ2v) is 5.85. The van der Waals surface area contributed by atoms with Crippen molar-refractivity contribution in [2.24, 2.45) is 0 Å². The van der Waals surface area contributed by atoms with Gasteiger partial charge in [-0.15, -0.1) is 10.2 Å². The van der Waals surface area contributed by atoms with Gasteiger partial charge in [0.1, 0.15) is 0 Å². The van der Waals surface area contributed by atoms with Gasteiger partial charge < -0.3 is 0 Å². The maximum atomic E-state index is 12.6. The van der Waals surface area contributed by atoms with Gasteiger partial charge in [0, 0.05) is 0 Å². The topological polar surface area (TPSA) is 101 Å². The number of rotatable bonds is 4. The summed E-state index contributed by atoms with van der Waals surface area (Å²) < 4.78 is 64.1. The maximum absolute atomic E-state index is 12.6. The van der Waals surface area contributed by atoms with Crippen LogP contribution in [0.5, 0.6) is 0 Å². The lowest BCUT2D eigenvalue weighted by atomic mass is 10.2. The third-order valence-corrected chi connectivity index (χ3v) is 4.09. The van der Waals surface area contributed by atoms with E-state index in [1.165, 1.54) is 6.92 Å². The molecule has 0 saturated heterocycles. The first-order chi connectivity index (χ1) is 9.70. The van der Waals surface area contributed by atoms with E-state index in [0.29, 0.717) is 6.07 Å². The van der Waals surface area contributed by atoms with Crippen LogP contribution in [0.2, 0.25) is 0 Å². The van der Waals surface area contributed by atoms with Crippen LogP contribution in [0.15, 0.2) is 29.2 Å². The lowest BCUT2D eigenvalue weighted by molar-refractivity contribution is -0.137. The number of halogens is 3. The van der Waals surface area contributed by atoms with E-state index < -0.39 is 32.7 Å². The average molecular weight is 321 g/mol. The molecular formula is C10H10F3N5O2S. The van der Waals surface area contributed by atoms with E-state index in [4.69, 9.17) is 0 Å². The minimum absolute atomic E-state index is 0.0746. The molecule has 0 aliphatic rings. The van der Waals surface area contributed by atoms with Crippen molar-refractivity contribution in [3.8, 4) is 0 Å². The van der Waals surface area contributed by atoms with Crippen LogP contribution in [0.4, 0.5) is 13.2 Å². The van der Waals surface area contributed by atoms with Crippen molar-refractivity contribution in [2.45, 2.75) is 24.0 Å². The van der Waals surface area contributed by atoms with Crippen LogP contribution in [-0.4, -0.2) is 29.0 Å². The Morgan fingerprint density at radius 1 is 1.33 bits per heavy atom. The molecule has 0 spiro atoms. The Bertz CT molecular complexity index is 715. The van der Waals surface area contributed by atoms with E-state index >= 15 is 0 Å². The standard InChI is InChI=1S/C10H10F3N5O2S/c1-6(9-14-17-18-15-9)16-21(19,20)8-4-2-3-7(5-8)10(11,12)13/h2-6,16H,1H3,(H,14,15,17,18). The van der Waals surface area contributed by atoms with E-state index in [1.54, 1.807) is 0 Å². The quantitative estimate of drug-likeness (QED) is 0.883. The van der Waals surface area contributed by atoms with Crippen molar-refractivity contribution in [2.75, 3.05) is 0 Å². The molecule has 0 bridgehead atoms. The van der Waals surface area contributed by atoms with Gasteiger partial charge in [0.25, 0.3) is 0 Å². The number of hydrogen-bond donors (Lipinski definition) is 2. The predicted octanol–water partition coefficient (Wildman–Crippen LogP) is 1.26. The first kappa shape index (κ1) is 15.4. The number of aromatic nitrogens is 4. The van der Waals surface area contributed by atoms with Gasteiger partial charge in [0.15, 0.2) is 5.82 Å². The molecule has 1 aromatic heterocycles. The van der Waals surface area contributed by atoms with E-state index in [2.05, 4.69) is 25.3 Å². The zero-order valence-electron chi connectivity index (χ0n) is 10.6. The largest absolute Gasteiger partial charge is 0.416 e. The normalized spacial score (nSPS) is 14.1. The fourth-order valence-corrected chi connectivity index (χ4v) is 2.79. The SMILES string of the molecule is CC(NS(=O)(=O)c1cccc(C(F)(F)F)c1)c1nn[nH]n1. The summed E-state index contributed by atoms with van der Waals surface area (Å²) in [5.74, 6) is 0.0746. The molecule has 1 unspecified atom stereocenters. The van der Waals surface area contributed by atoms with Crippen molar-refractivity contribution < 1.29 is 21.6 Å². The van der Waals surface area contributed by atoms with Gasteiger partial charge in [0.2, 0.25) is 10.0 Å². The highest BCUT2D eigenvalue weighted by Gasteiger charge is 2.32. The second kappa shape index (κ2) is 5.41. The van der Waals surface area contributed by atoms with Crippen LogP contribution < -0.4 is 4.72 Å². The summed E-state index contributed by atoms with van der Waals surface area (Å²) in [6.07, 6.45) is -4.62. The molecule has 114 valence electrons. The molecule has 11 heteroatoms. The summed E-state index contributed by atoms with van der Waals surface area (Å²) in [6.45, 7) is 1.44. The number of nitrogens with zero attached hydrogens (tertiary/aromatic N) is 3. The molecule has 0 amide bonds. The Kier molecular flexibility index (Phi) is 3.96. The summed E-state index contributed by atoms with van der Waals surface area (Å²) in [7, 11) is -4.14. The van der Waals surface area contributed by atoms with Gasteiger partial charge >= 0.3 is 6.18 Å². The second-order valence-electron chi connectivity index (χ2n) is 4.14. The molecule has 7 nitrogen and oxygen atoms in total. The fourth-order valence-electron chi connectivity index (χ4n) is 1.55. The summed E-state index contributed by atoms with van der Waals surface area (Å²) >= 11 is 0. The molecule has 21 heavy (non-hydrogen) atoms. The number of aromatic amines is 1. The minimum Gasteiger partial charge on any atom is -0.207 e. The minimum atomic E-state index is -4.62. The molecule has 0 saturated carbocycles. The number of tetrazole rings is 1. The van der Waals surface area contributed by atoms with Crippen LogP contribution in [-0.2, 0) is 16.2 Å². The Balaban J connectivity index is 2.28. The lowest BCUT2D eigenvalue weighted by Gasteiger charge is -2.12. The Labute approximate surface area is 117 Å². The van der Waals surface area contributed by atoms with E-state index in [0.717, 1.165) is 18.2 Å².